The van der Waals surface area contributed by atoms with Crippen molar-refractivity contribution < 1.29 is 4.74 Å². The first-order valence-electron chi connectivity index (χ1n) is 5.25. The quantitative estimate of drug-likeness (QED) is 0.898. The molecule has 0 heterocycles. The standard InChI is InChI=1S/C12H19BrN2O/c1-15(2)8-10(14)6-9-4-5-12(16-3)11(13)7-9/h4-5,7,10H,6,8,14H2,1-3H3. The third-order valence-corrected chi connectivity index (χ3v) is 2.93. The van der Waals surface area contributed by atoms with Gasteiger partial charge < -0.3 is 15.4 Å². The van der Waals surface area contributed by atoms with Crippen molar-refractivity contribution in [2.24, 2.45) is 5.73 Å². The van der Waals surface area contributed by atoms with E-state index in [1.165, 1.54) is 5.56 Å². The van der Waals surface area contributed by atoms with Crippen molar-refractivity contribution in [3.8, 4) is 5.75 Å². The summed E-state index contributed by atoms with van der Waals surface area (Å²) in [5.74, 6) is 0.852. The van der Waals surface area contributed by atoms with E-state index in [1.807, 2.05) is 20.2 Å². The van der Waals surface area contributed by atoms with Crippen LogP contribution in [0.3, 0.4) is 0 Å². The fraction of sp³-hybridized carbons (Fsp3) is 0.500. The number of likely N-dealkylation sites (N-methyl/N-ethyl adjacent to an activating group) is 1. The molecule has 0 aliphatic rings. The number of nitrogens with zero attached hydrogens (tertiary/aromatic N) is 1. The number of benzene rings is 1. The van der Waals surface area contributed by atoms with E-state index in [2.05, 4.69) is 33.0 Å². The zero-order chi connectivity index (χ0) is 12.1. The van der Waals surface area contributed by atoms with Gasteiger partial charge in [-0.15, -0.1) is 0 Å². The van der Waals surface area contributed by atoms with E-state index in [0.717, 1.165) is 23.2 Å². The highest BCUT2D eigenvalue weighted by Gasteiger charge is 2.07. The molecule has 1 atom stereocenters. The molecule has 1 unspecified atom stereocenters. The molecule has 0 bridgehead atoms. The lowest BCUT2D eigenvalue weighted by Crippen LogP contribution is -2.34. The number of methoxy groups -OCH3 is 1. The predicted octanol–water partition coefficient (Wildman–Crippen LogP) is 1.89. The van der Waals surface area contributed by atoms with E-state index in [-0.39, 0.29) is 6.04 Å². The Morgan fingerprint density at radius 2 is 2.12 bits per heavy atom. The Morgan fingerprint density at radius 3 is 2.62 bits per heavy atom. The number of rotatable bonds is 5. The summed E-state index contributed by atoms with van der Waals surface area (Å²) in [6.07, 6.45) is 0.876. The van der Waals surface area contributed by atoms with Crippen LogP contribution in [0.5, 0.6) is 5.75 Å². The molecule has 1 aromatic rings. The largest absolute Gasteiger partial charge is 0.496 e. The van der Waals surface area contributed by atoms with Gasteiger partial charge in [0.1, 0.15) is 5.75 Å². The first-order chi connectivity index (χ1) is 7.52. The molecule has 1 rings (SSSR count). The highest BCUT2D eigenvalue weighted by atomic mass is 79.9. The van der Waals surface area contributed by atoms with Gasteiger partial charge in [-0.2, -0.15) is 0 Å². The first kappa shape index (κ1) is 13.5. The zero-order valence-corrected chi connectivity index (χ0v) is 11.6. The van der Waals surface area contributed by atoms with Gasteiger partial charge in [0.25, 0.3) is 0 Å². The second-order valence-electron chi connectivity index (χ2n) is 4.20. The van der Waals surface area contributed by atoms with Crippen LogP contribution in [0, 0.1) is 0 Å². The van der Waals surface area contributed by atoms with Crippen LogP contribution in [-0.4, -0.2) is 38.7 Å². The maximum Gasteiger partial charge on any atom is 0.133 e. The van der Waals surface area contributed by atoms with Crippen LogP contribution in [-0.2, 0) is 6.42 Å². The molecule has 4 heteroatoms. The van der Waals surface area contributed by atoms with Crippen LogP contribution in [0.15, 0.2) is 22.7 Å². The van der Waals surface area contributed by atoms with Gasteiger partial charge in [0.05, 0.1) is 11.6 Å². The summed E-state index contributed by atoms with van der Waals surface area (Å²) in [4.78, 5) is 2.10. The summed E-state index contributed by atoms with van der Waals surface area (Å²) in [6.45, 7) is 0.893. The molecule has 0 fully saturated rings. The zero-order valence-electron chi connectivity index (χ0n) is 10.0. The first-order valence-corrected chi connectivity index (χ1v) is 6.05. The Morgan fingerprint density at radius 1 is 1.44 bits per heavy atom. The summed E-state index contributed by atoms with van der Waals surface area (Å²) in [5, 5.41) is 0. The van der Waals surface area contributed by atoms with Crippen molar-refractivity contribution in [3.63, 3.8) is 0 Å². The fourth-order valence-corrected chi connectivity index (χ4v) is 2.26. The minimum atomic E-state index is 0.162. The topological polar surface area (TPSA) is 38.5 Å². The SMILES string of the molecule is COc1ccc(CC(N)CN(C)C)cc1Br. The Bertz CT molecular complexity index is 342. The van der Waals surface area contributed by atoms with Gasteiger partial charge in [0, 0.05) is 12.6 Å². The molecule has 90 valence electrons. The van der Waals surface area contributed by atoms with Gasteiger partial charge in [0.15, 0.2) is 0 Å². The van der Waals surface area contributed by atoms with E-state index in [1.54, 1.807) is 7.11 Å². The molecule has 0 amide bonds. The van der Waals surface area contributed by atoms with E-state index in [0.29, 0.717) is 0 Å². The van der Waals surface area contributed by atoms with Gasteiger partial charge >= 0.3 is 0 Å². The average Bonchev–Trinajstić information content (AvgIpc) is 2.16. The fourth-order valence-electron chi connectivity index (χ4n) is 1.67. The monoisotopic (exact) mass is 286 g/mol. The molecule has 0 aromatic heterocycles. The lowest BCUT2D eigenvalue weighted by molar-refractivity contribution is 0.371. The van der Waals surface area contributed by atoms with Gasteiger partial charge in [-0.05, 0) is 54.1 Å². The van der Waals surface area contributed by atoms with E-state index >= 15 is 0 Å². The van der Waals surface area contributed by atoms with Crippen LogP contribution >= 0.6 is 15.9 Å². The molecular weight excluding hydrogens is 268 g/mol. The molecule has 2 N–H and O–H groups in total. The van der Waals surface area contributed by atoms with Gasteiger partial charge in [-0.3, -0.25) is 0 Å². The van der Waals surface area contributed by atoms with Crippen molar-refractivity contribution in [3.05, 3.63) is 28.2 Å². The molecule has 16 heavy (non-hydrogen) atoms. The van der Waals surface area contributed by atoms with Crippen LogP contribution < -0.4 is 10.5 Å². The van der Waals surface area contributed by atoms with Gasteiger partial charge in [0.2, 0.25) is 0 Å². The van der Waals surface area contributed by atoms with Crippen molar-refractivity contribution in [2.75, 3.05) is 27.7 Å². The lowest BCUT2D eigenvalue weighted by atomic mass is 10.1. The third-order valence-electron chi connectivity index (χ3n) is 2.31. The Hall–Kier alpha value is -0.580. The van der Waals surface area contributed by atoms with Crippen LogP contribution in [0.4, 0.5) is 0 Å². The minimum Gasteiger partial charge on any atom is -0.496 e. The number of hydrogen-bond acceptors (Lipinski definition) is 3. The molecule has 0 spiro atoms. The molecule has 1 aromatic carbocycles. The highest BCUT2D eigenvalue weighted by molar-refractivity contribution is 9.10. The highest BCUT2D eigenvalue weighted by Crippen LogP contribution is 2.25. The molecule has 0 saturated heterocycles. The predicted molar refractivity (Wildman–Crippen MR) is 70.9 cm³/mol. The number of nitrogens with two attached hydrogens (primary N) is 1. The van der Waals surface area contributed by atoms with Crippen molar-refractivity contribution in [1.29, 1.82) is 0 Å². The second kappa shape index (κ2) is 6.23. The van der Waals surface area contributed by atoms with Crippen LogP contribution in [0.2, 0.25) is 0 Å². The molecule has 0 aliphatic carbocycles. The van der Waals surface area contributed by atoms with Crippen LogP contribution in [0.25, 0.3) is 0 Å². The summed E-state index contributed by atoms with van der Waals surface area (Å²) in [7, 11) is 5.73. The average molecular weight is 287 g/mol. The number of halogens is 1. The summed E-state index contributed by atoms with van der Waals surface area (Å²) < 4.78 is 6.16. The summed E-state index contributed by atoms with van der Waals surface area (Å²) >= 11 is 3.47. The van der Waals surface area contributed by atoms with Crippen molar-refractivity contribution >= 4 is 15.9 Å². The van der Waals surface area contributed by atoms with Gasteiger partial charge in [-0.1, -0.05) is 6.07 Å². The molecule has 0 aliphatic heterocycles. The van der Waals surface area contributed by atoms with E-state index in [9.17, 15) is 0 Å². The van der Waals surface area contributed by atoms with Crippen LogP contribution in [0.1, 0.15) is 5.56 Å². The third kappa shape index (κ3) is 4.12. The Kier molecular flexibility index (Phi) is 5.25. The maximum absolute atomic E-state index is 6.04. The van der Waals surface area contributed by atoms with E-state index in [4.69, 9.17) is 10.5 Å². The summed E-state index contributed by atoms with van der Waals surface area (Å²) in [6, 6.07) is 6.24. The Labute approximate surface area is 106 Å². The maximum atomic E-state index is 6.04. The van der Waals surface area contributed by atoms with Crippen molar-refractivity contribution in [2.45, 2.75) is 12.5 Å². The lowest BCUT2D eigenvalue weighted by Gasteiger charge is -2.17. The van der Waals surface area contributed by atoms with Gasteiger partial charge in [-0.25, -0.2) is 0 Å². The molecule has 0 saturated carbocycles. The Balaban J connectivity index is 2.64. The molecule has 0 radical (unpaired) electrons. The smallest absolute Gasteiger partial charge is 0.133 e. The molecule has 3 nitrogen and oxygen atoms in total. The second-order valence-corrected chi connectivity index (χ2v) is 5.05. The minimum absolute atomic E-state index is 0.162. The van der Waals surface area contributed by atoms with E-state index < -0.39 is 0 Å². The van der Waals surface area contributed by atoms with Crippen molar-refractivity contribution in [1.82, 2.24) is 4.90 Å². The normalized spacial score (nSPS) is 12.9. The summed E-state index contributed by atoms with van der Waals surface area (Å²) in [5.41, 5.74) is 7.26. The number of hydrogen-bond donors (Lipinski definition) is 1. The molecular formula is C12H19BrN2O. The number of ether oxygens (including phenoxy) is 1.